The Hall–Kier alpha value is -0.810. The number of unbranched alkanes of at least 4 members (excludes halogenated alkanes) is 1. The minimum absolute atomic E-state index is 0.250. The molecule has 0 aliphatic heterocycles. The van der Waals surface area contributed by atoms with E-state index in [9.17, 15) is 4.79 Å². The Morgan fingerprint density at radius 3 is 2.06 bits per heavy atom. The lowest BCUT2D eigenvalue weighted by Gasteiger charge is -2.30. The average Bonchev–Trinajstić information content (AvgIpc) is 2.22. The van der Waals surface area contributed by atoms with Gasteiger partial charge in [-0.1, -0.05) is 0 Å². The summed E-state index contributed by atoms with van der Waals surface area (Å²) in [6, 6.07) is 1.11. The molecule has 0 fully saturated rings. The number of rotatable bonds is 7. The van der Waals surface area contributed by atoms with Crippen molar-refractivity contribution in [2.75, 3.05) is 13.2 Å². The first-order valence-electron chi connectivity index (χ1n) is 6.02. The first-order valence-corrected chi connectivity index (χ1v) is 6.40. The maximum Gasteiger partial charge on any atom is 0.403 e. The summed E-state index contributed by atoms with van der Waals surface area (Å²) < 4.78 is 4.65. The normalized spacial score (nSPS) is 10.2. The van der Waals surface area contributed by atoms with Crippen molar-refractivity contribution in [3.63, 3.8) is 0 Å². The zero-order valence-electron chi connectivity index (χ0n) is 11.6. The summed E-state index contributed by atoms with van der Waals surface area (Å²) in [5.74, 6) is 0. The Morgan fingerprint density at radius 1 is 1.28 bits per heavy atom. The number of carbonyl (C=O) groups excluding carboxylic acids is 1. The summed E-state index contributed by atoms with van der Waals surface area (Å²) in [4.78, 5) is 21.1. The lowest BCUT2D eigenvalue weighted by Crippen LogP contribution is -2.37. The predicted octanol–water partition coefficient (Wildman–Crippen LogP) is 2.96. The SMILES string of the molecule is CC(C)N(CCCCOC(=O)Cl)C(C)C.O=CO. The highest BCUT2D eigenvalue weighted by atomic mass is 35.5. The second kappa shape index (κ2) is 12.6. The third kappa shape index (κ3) is 13.3. The van der Waals surface area contributed by atoms with E-state index in [1.54, 1.807) is 0 Å². The molecule has 0 unspecified atom stereocenters. The Bertz CT molecular complexity index is 214. The molecule has 0 spiro atoms. The molecule has 108 valence electrons. The predicted molar refractivity (Wildman–Crippen MR) is 72.1 cm³/mol. The van der Waals surface area contributed by atoms with Crippen molar-refractivity contribution in [2.45, 2.75) is 52.6 Å². The van der Waals surface area contributed by atoms with Crippen molar-refractivity contribution in [1.29, 1.82) is 0 Å². The standard InChI is InChI=1S/C11H22ClNO2.CH2O2/c1-9(2)13(10(3)4)7-5-6-8-15-11(12)14;2-1-3/h9-10H,5-8H2,1-4H3;1H,(H,2,3). The summed E-state index contributed by atoms with van der Waals surface area (Å²) >= 11 is 5.05. The quantitative estimate of drug-likeness (QED) is 0.441. The molecular weight excluding hydrogens is 258 g/mol. The first-order chi connectivity index (χ1) is 8.36. The van der Waals surface area contributed by atoms with Crippen LogP contribution in [0.3, 0.4) is 0 Å². The number of halogens is 1. The van der Waals surface area contributed by atoms with Gasteiger partial charge in [-0.2, -0.15) is 0 Å². The monoisotopic (exact) mass is 281 g/mol. The van der Waals surface area contributed by atoms with Gasteiger partial charge in [0.15, 0.2) is 0 Å². The second-order valence-corrected chi connectivity index (χ2v) is 4.63. The number of nitrogens with zero attached hydrogens (tertiary/aromatic N) is 1. The zero-order valence-corrected chi connectivity index (χ0v) is 12.3. The highest BCUT2D eigenvalue weighted by Crippen LogP contribution is 2.07. The highest BCUT2D eigenvalue weighted by molar-refractivity contribution is 6.61. The average molecular weight is 282 g/mol. The molecule has 0 radical (unpaired) electrons. The van der Waals surface area contributed by atoms with Crippen LogP contribution in [0.25, 0.3) is 0 Å². The molecule has 1 N–H and O–H groups in total. The van der Waals surface area contributed by atoms with E-state index in [0.29, 0.717) is 18.7 Å². The molecule has 0 bridgehead atoms. The number of ether oxygens (including phenoxy) is 1. The fourth-order valence-corrected chi connectivity index (χ4v) is 1.74. The van der Waals surface area contributed by atoms with Crippen LogP contribution in [0, 0.1) is 0 Å². The first kappa shape index (κ1) is 19.5. The van der Waals surface area contributed by atoms with Crippen LogP contribution in [0.5, 0.6) is 0 Å². The number of hydrogen-bond acceptors (Lipinski definition) is 4. The largest absolute Gasteiger partial charge is 0.483 e. The summed E-state index contributed by atoms with van der Waals surface area (Å²) in [7, 11) is 0. The van der Waals surface area contributed by atoms with Gasteiger partial charge in [-0.25, -0.2) is 4.79 Å². The Kier molecular flexibility index (Phi) is 13.7. The minimum Gasteiger partial charge on any atom is -0.483 e. The molecule has 0 aliphatic carbocycles. The molecule has 0 aromatic rings. The Balaban J connectivity index is 0. The van der Waals surface area contributed by atoms with E-state index in [2.05, 4.69) is 37.3 Å². The van der Waals surface area contributed by atoms with Gasteiger partial charge in [-0.3, -0.25) is 9.69 Å². The van der Waals surface area contributed by atoms with E-state index in [1.807, 2.05) is 0 Å². The van der Waals surface area contributed by atoms with Crippen LogP contribution in [-0.2, 0) is 9.53 Å². The molecule has 0 amide bonds. The molecule has 0 aromatic heterocycles. The van der Waals surface area contributed by atoms with Crippen LogP contribution in [0.15, 0.2) is 0 Å². The highest BCUT2D eigenvalue weighted by Gasteiger charge is 2.12. The fraction of sp³-hybridized carbons (Fsp3) is 0.833. The summed E-state index contributed by atoms with van der Waals surface area (Å²) in [6.07, 6.45) is 1.90. The van der Waals surface area contributed by atoms with Crippen LogP contribution >= 0.6 is 11.6 Å². The molecule has 0 aromatic carbocycles. The molecule has 18 heavy (non-hydrogen) atoms. The number of carbonyl (C=O) groups is 2. The van der Waals surface area contributed by atoms with Crippen molar-refractivity contribution in [3.05, 3.63) is 0 Å². The maximum atomic E-state index is 10.3. The molecule has 6 heteroatoms. The third-order valence-corrected chi connectivity index (χ3v) is 2.46. The summed E-state index contributed by atoms with van der Waals surface area (Å²) in [6.45, 7) is 9.98. The molecule has 0 atom stereocenters. The van der Waals surface area contributed by atoms with E-state index in [-0.39, 0.29) is 6.47 Å². The van der Waals surface area contributed by atoms with Gasteiger partial charge in [-0.15, -0.1) is 0 Å². The maximum absolute atomic E-state index is 10.3. The molecule has 0 heterocycles. The van der Waals surface area contributed by atoms with Crippen molar-refractivity contribution in [2.24, 2.45) is 0 Å². The van der Waals surface area contributed by atoms with Crippen LogP contribution in [0.1, 0.15) is 40.5 Å². The van der Waals surface area contributed by atoms with E-state index in [1.165, 1.54) is 0 Å². The lowest BCUT2D eigenvalue weighted by atomic mass is 10.2. The number of carboxylic acid groups (broad SMARTS) is 1. The van der Waals surface area contributed by atoms with E-state index in [4.69, 9.17) is 21.5 Å². The van der Waals surface area contributed by atoms with Gasteiger partial charge >= 0.3 is 5.43 Å². The molecule has 0 rings (SSSR count). The van der Waals surface area contributed by atoms with Crippen LogP contribution in [-0.4, -0.2) is 47.1 Å². The van der Waals surface area contributed by atoms with Gasteiger partial charge in [0.05, 0.1) is 6.61 Å². The molecule has 0 saturated heterocycles. The second-order valence-electron chi connectivity index (χ2n) is 4.32. The fourth-order valence-electron chi connectivity index (χ4n) is 1.66. The summed E-state index contributed by atoms with van der Waals surface area (Å²) in [5, 5.41) is 6.89. The van der Waals surface area contributed by atoms with E-state index >= 15 is 0 Å². The van der Waals surface area contributed by atoms with E-state index < -0.39 is 5.43 Å². The van der Waals surface area contributed by atoms with E-state index in [0.717, 1.165) is 19.4 Å². The Morgan fingerprint density at radius 2 is 1.72 bits per heavy atom. The Labute approximate surface area is 114 Å². The molecule has 0 aliphatic rings. The van der Waals surface area contributed by atoms with Crippen molar-refractivity contribution in [1.82, 2.24) is 4.90 Å². The van der Waals surface area contributed by atoms with Crippen molar-refractivity contribution >= 4 is 23.5 Å². The van der Waals surface area contributed by atoms with Gasteiger partial charge in [0.25, 0.3) is 6.47 Å². The lowest BCUT2D eigenvalue weighted by molar-refractivity contribution is -0.122. The zero-order chi connectivity index (χ0) is 14.6. The van der Waals surface area contributed by atoms with Gasteiger partial charge in [0.2, 0.25) is 0 Å². The van der Waals surface area contributed by atoms with Gasteiger partial charge in [0.1, 0.15) is 0 Å². The third-order valence-electron chi connectivity index (χ3n) is 2.35. The molecule has 0 saturated carbocycles. The van der Waals surface area contributed by atoms with Gasteiger partial charge in [0, 0.05) is 23.7 Å². The summed E-state index contributed by atoms with van der Waals surface area (Å²) in [5.41, 5.74) is -0.709. The van der Waals surface area contributed by atoms with Crippen molar-refractivity contribution in [3.8, 4) is 0 Å². The topological polar surface area (TPSA) is 66.8 Å². The van der Waals surface area contributed by atoms with Gasteiger partial charge < -0.3 is 9.84 Å². The van der Waals surface area contributed by atoms with Crippen LogP contribution in [0.4, 0.5) is 4.79 Å². The number of hydrogen-bond donors (Lipinski definition) is 1. The smallest absolute Gasteiger partial charge is 0.403 e. The van der Waals surface area contributed by atoms with Crippen molar-refractivity contribution < 1.29 is 19.4 Å². The van der Waals surface area contributed by atoms with Gasteiger partial charge in [-0.05, 0) is 47.1 Å². The van der Waals surface area contributed by atoms with Crippen LogP contribution in [0.2, 0.25) is 0 Å². The minimum atomic E-state index is -0.709. The van der Waals surface area contributed by atoms with Crippen LogP contribution < -0.4 is 0 Å². The molecular formula is C12H24ClNO4. The molecule has 5 nitrogen and oxygen atoms in total.